The molecule has 1 heterocycles. The van der Waals surface area contributed by atoms with E-state index in [2.05, 4.69) is 31.1 Å². The molecular weight excluding hydrogens is 288 g/mol. The van der Waals surface area contributed by atoms with Gasteiger partial charge >= 0.3 is 6.09 Å². The van der Waals surface area contributed by atoms with Crippen molar-refractivity contribution in [3.05, 3.63) is 11.7 Å². The molecule has 0 aliphatic carbocycles. The Bertz CT molecular complexity index is 506. The number of ether oxygens (including phenoxy) is 1. The van der Waals surface area contributed by atoms with Gasteiger partial charge in [-0.1, -0.05) is 5.16 Å². The number of aliphatic imine (C=N–C) groups is 1. The highest BCUT2D eigenvalue weighted by Crippen LogP contribution is 2.05. The summed E-state index contributed by atoms with van der Waals surface area (Å²) in [6, 6.07) is 0. The highest BCUT2D eigenvalue weighted by Gasteiger charge is 2.15. The summed E-state index contributed by atoms with van der Waals surface area (Å²) >= 11 is 0. The number of nitrogens with one attached hydrogen (secondary N) is 3. The Kier molecular flexibility index (Phi) is 6.61. The molecule has 0 fully saturated rings. The highest BCUT2D eigenvalue weighted by atomic mass is 16.6. The quantitative estimate of drug-likeness (QED) is 0.414. The molecule has 22 heavy (non-hydrogen) atoms. The second-order valence-electron chi connectivity index (χ2n) is 5.51. The number of carbonyl (C=O) groups is 1. The average molecular weight is 312 g/mol. The largest absolute Gasteiger partial charge is 0.444 e. The Morgan fingerprint density at radius 2 is 1.95 bits per heavy atom. The maximum Gasteiger partial charge on any atom is 0.407 e. The molecule has 0 bridgehead atoms. The lowest BCUT2D eigenvalue weighted by atomic mass is 10.2. The van der Waals surface area contributed by atoms with Gasteiger partial charge in [0.1, 0.15) is 5.60 Å². The second kappa shape index (κ2) is 8.20. The van der Waals surface area contributed by atoms with Crippen molar-refractivity contribution in [3.8, 4) is 0 Å². The number of nitrogens with zero attached hydrogens (tertiary/aromatic N) is 3. The van der Waals surface area contributed by atoms with Crippen LogP contribution in [-0.4, -0.2) is 47.9 Å². The number of alkyl carbamates (subject to hydrolysis) is 1. The summed E-state index contributed by atoms with van der Waals surface area (Å²) in [4.78, 5) is 19.6. The van der Waals surface area contributed by atoms with Crippen LogP contribution in [0.5, 0.6) is 0 Å². The van der Waals surface area contributed by atoms with Gasteiger partial charge in [-0.3, -0.25) is 4.99 Å². The molecule has 0 aliphatic heterocycles. The summed E-state index contributed by atoms with van der Waals surface area (Å²) in [6.07, 6.45) is -0.445. The van der Waals surface area contributed by atoms with E-state index in [4.69, 9.17) is 9.26 Å². The van der Waals surface area contributed by atoms with Gasteiger partial charge in [-0.25, -0.2) is 4.79 Å². The van der Waals surface area contributed by atoms with Gasteiger partial charge in [0, 0.05) is 27.1 Å². The Morgan fingerprint density at radius 3 is 2.50 bits per heavy atom. The first kappa shape index (κ1) is 17.7. The summed E-state index contributed by atoms with van der Waals surface area (Å²) in [5, 5.41) is 12.5. The summed E-state index contributed by atoms with van der Waals surface area (Å²) in [5.74, 6) is 1.64. The molecule has 0 saturated heterocycles. The number of carbonyl (C=O) groups excluding carboxylic acids is 1. The average Bonchev–Trinajstić information content (AvgIpc) is 2.81. The Balaban J connectivity index is 2.20. The van der Waals surface area contributed by atoms with E-state index in [1.165, 1.54) is 0 Å². The third kappa shape index (κ3) is 7.46. The number of hydrogen-bond acceptors (Lipinski definition) is 6. The van der Waals surface area contributed by atoms with Crippen LogP contribution in [0.1, 0.15) is 32.5 Å². The summed E-state index contributed by atoms with van der Waals surface area (Å²) in [7, 11) is 1.65. The van der Waals surface area contributed by atoms with Crippen molar-refractivity contribution in [1.29, 1.82) is 0 Å². The van der Waals surface area contributed by atoms with Crippen molar-refractivity contribution in [1.82, 2.24) is 26.1 Å². The standard InChI is InChI=1S/C13H24N6O3/c1-9-18-10(19-22-9)8-17-11(14-5)15-6-7-16-12(20)21-13(2,3)4/h6-8H2,1-5H3,(H,16,20)(H2,14,15,17). The van der Waals surface area contributed by atoms with Crippen molar-refractivity contribution < 1.29 is 14.1 Å². The van der Waals surface area contributed by atoms with Crippen LogP contribution in [0.3, 0.4) is 0 Å². The van der Waals surface area contributed by atoms with Gasteiger partial charge in [-0.05, 0) is 20.8 Å². The predicted molar refractivity (Wildman–Crippen MR) is 81.5 cm³/mol. The molecule has 0 saturated carbocycles. The molecule has 9 nitrogen and oxygen atoms in total. The lowest BCUT2D eigenvalue weighted by molar-refractivity contribution is 0.0529. The summed E-state index contributed by atoms with van der Waals surface area (Å²) in [5.41, 5.74) is -0.502. The van der Waals surface area contributed by atoms with Gasteiger partial charge in [-0.2, -0.15) is 4.98 Å². The van der Waals surface area contributed by atoms with Crippen LogP contribution in [0.2, 0.25) is 0 Å². The maximum absolute atomic E-state index is 11.5. The molecule has 1 amide bonds. The van der Waals surface area contributed by atoms with Crippen LogP contribution in [0.4, 0.5) is 4.79 Å². The van der Waals surface area contributed by atoms with E-state index >= 15 is 0 Å². The third-order valence-electron chi connectivity index (χ3n) is 2.29. The lowest BCUT2D eigenvalue weighted by Gasteiger charge is -2.19. The van der Waals surface area contributed by atoms with Crippen LogP contribution >= 0.6 is 0 Å². The molecule has 9 heteroatoms. The SMILES string of the molecule is CN=C(NCCNC(=O)OC(C)(C)C)NCc1noc(C)n1. The van der Waals surface area contributed by atoms with E-state index < -0.39 is 11.7 Å². The van der Waals surface area contributed by atoms with Crippen molar-refractivity contribution in [3.63, 3.8) is 0 Å². The van der Waals surface area contributed by atoms with Crippen LogP contribution in [0.25, 0.3) is 0 Å². The third-order valence-corrected chi connectivity index (χ3v) is 2.29. The first-order chi connectivity index (χ1) is 10.3. The zero-order chi connectivity index (χ0) is 16.6. The van der Waals surface area contributed by atoms with Crippen LogP contribution in [-0.2, 0) is 11.3 Å². The van der Waals surface area contributed by atoms with Crippen LogP contribution < -0.4 is 16.0 Å². The Hall–Kier alpha value is -2.32. The van der Waals surface area contributed by atoms with Crippen molar-refractivity contribution in [2.24, 2.45) is 4.99 Å². The normalized spacial score (nSPS) is 12.0. The fourth-order valence-electron chi connectivity index (χ4n) is 1.46. The molecule has 0 aliphatic rings. The van der Waals surface area contributed by atoms with E-state index in [0.717, 1.165) is 0 Å². The summed E-state index contributed by atoms with van der Waals surface area (Å²) < 4.78 is 10.0. The second-order valence-corrected chi connectivity index (χ2v) is 5.51. The number of aromatic nitrogens is 2. The van der Waals surface area contributed by atoms with Crippen molar-refractivity contribution in [2.45, 2.75) is 39.8 Å². The number of guanidine groups is 1. The molecule has 0 atom stereocenters. The van der Waals surface area contributed by atoms with Gasteiger partial charge in [0.2, 0.25) is 5.89 Å². The topological polar surface area (TPSA) is 114 Å². The van der Waals surface area contributed by atoms with E-state index in [-0.39, 0.29) is 0 Å². The molecular formula is C13H24N6O3. The minimum absolute atomic E-state index is 0.399. The molecule has 0 unspecified atom stereocenters. The Labute approximate surface area is 129 Å². The minimum Gasteiger partial charge on any atom is -0.444 e. The van der Waals surface area contributed by atoms with Gasteiger partial charge in [0.25, 0.3) is 0 Å². The number of amides is 1. The minimum atomic E-state index is -0.502. The molecule has 1 aromatic rings. The van der Waals surface area contributed by atoms with Crippen LogP contribution in [0.15, 0.2) is 9.52 Å². The molecule has 0 spiro atoms. The molecule has 1 aromatic heterocycles. The van der Waals surface area contributed by atoms with Crippen molar-refractivity contribution >= 4 is 12.1 Å². The Morgan fingerprint density at radius 1 is 1.27 bits per heavy atom. The molecule has 0 radical (unpaired) electrons. The first-order valence-electron chi connectivity index (χ1n) is 7.00. The monoisotopic (exact) mass is 312 g/mol. The zero-order valence-corrected chi connectivity index (χ0v) is 13.7. The van der Waals surface area contributed by atoms with Gasteiger partial charge in [0.05, 0.1) is 6.54 Å². The zero-order valence-electron chi connectivity index (χ0n) is 13.7. The van der Waals surface area contributed by atoms with Crippen LogP contribution in [0, 0.1) is 6.92 Å². The van der Waals surface area contributed by atoms with Gasteiger partial charge in [-0.15, -0.1) is 0 Å². The smallest absolute Gasteiger partial charge is 0.407 e. The fourth-order valence-corrected chi connectivity index (χ4v) is 1.46. The molecule has 3 N–H and O–H groups in total. The van der Waals surface area contributed by atoms with Gasteiger partial charge < -0.3 is 25.2 Å². The fraction of sp³-hybridized carbons (Fsp3) is 0.692. The van der Waals surface area contributed by atoms with E-state index in [1.807, 2.05) is 20.8 Å². The number of rotatable bonds is 5. The van der Waals surface area contributed by atoms with E-state index in [1.54, 1.807) is 14.0 Å². The molecule has 124 valence electrons. The number of aryl methyl sites for hydroxylation is 1. The predicted octanol–water partition coefficient (Wildman–Crippen LogP) is 0.568. The molecule has 1 rings (SSSR count). The van der Waals surface area contributed by atoms with Gasteiger partial charge in [0.15, 0.2) is 11.8 Å². The van der Waals surface area contributed by atoms with Crippen molar-refractivity contribution in [2.75, 3.05) is 20.1 Å². The number of hydrogen-bond donors (Lipinski definition) is 3. The molecule has 0 aromatic carbocycles. The maximum atomic E-state index is 11.5. The summed E-state index contributed by atoms with van der Waals surface area (Å²) in [6.45, 7) is 8.49. The van der Waals surface area contributed by atoms with E-state index in [9.17, 15) is 4.79 Å². The lowest BCUT2D eigenvalue weighted by Crippen LogP contribution is -2.42. The van der Waals surface area contributed by atoms with E-state index in [0.29, 0.717) is 37.3 Å². The highest BCUT2D eigenvalue weighted by molar-refractivity contribution is 5.79. The first-order valence-corrected chi connectivity index (χ1v) is 7.00.